The summed E-state index contributed by atoms with van der Waals surface area (Å²) in [5.74, 6) is 1.59. The van der Waals surface area contributed by atoms with Crippen molar-refractivity contribution in [1.82, 2.24) is 124 Å². The fourth-order valence-electron chi connectivity index (χ4n) is 5.03. The molecule has 0 unspecified atom stereocenters. The van der Waals surface area contributed by atoms with E-state index in [2.05, 4.69) is 186 Å². The van der Waals surface area contributed by atoms with Crippen LogP contribution in [0.5, 0.6) is 0 Å². The Balaban J connectivity index is -0.000000163. The third-order valence-electron chi connectivity index (χ3n) is 9.40. The van der Waals surface area contributed by atoms with Crippen molar-refractivity contribution in [3.63, 3.8) is 0 Å². The van der Waals surface area contributed by atoms with Gasteiger partial charge < -0.3 is 13.7 Å². The predicted molar refractivity (Wildman–Crippen MR) is 367 cm³/mol. The van der Waals surface area contributed by atoms with Gasteiger partial charge in [-0.2, -0.15) is 30.0 Å². The van der Waals surface area contributed by atoms with Crippen LogP contribution in [0.4, 0.5) is 0 Å². The van der Waals surface area contributed by atoms with E-state index in [0.717, 1.165) is 11.6 Å². The van der Waals surface area contributed by atoms with Crippen molar-refractivity contribution in [1.29, 1.82) is 0 Å². The van der Waals surface area contributed by atoms with Crippen molar-refractivity contribution in [2.75, 3.05) is 0 Å². The molecule has 0 aliphatic heterocycles. The molecule has 0 amide bonds. The number of imidazole rings is 1. The average molecular weight is 1240 g/mol. The van der Waals surface area contributed by atoms with Gasteiger partial charge in [0, 0.05) is 79.6 Å². The standard InChI is InChI=1S/C7H11N.2C6H10N2.2C5H10N4.4C5H9N3.7C2H6/c1-7(2)8-5-3-4-6-8;1-6(2)8-4-3-7-5-8;1-6(2)8-5-3-4-7-8;1-4(2)9-5(3)6-7-8-9;1-4(2)9-7-5(3)6-8-9;1-5(2)8-3-6-7-4-8;1-5(2)8-4-6-3-7-8;1-5(2)8-4-3-6-7-8;1-5(2)8-6-3-4-7-8;7*1-2/h3-7H,1-2H3;2*3-6H,1-2H3;2*4H,1-3H3;4*3-5H,1-2H3;7*1-2H3. The topological polar surface area (TPSA) is 251 Å². The number of tetrazole rings is 2. The lowest BCUT2D eigenvalue weighted by Crippen LogP contribution is -2.04. The number of hydrogen-bond acceptors (Lipinski definition) is 16. The lowest BCUT2D eigenvalue weighted by molar-refractivity contribution is 0.454. The first-order chi connectivity index (χ1) is 42.0. The normalized spacial score (nSPS) is 9.26. The summed E-state index contributed by atoms with van der Waals surface area (Å²) in [5, 5.41) is 53.1. The highest BCUT2D eigenvalue weighted by Gasteiger charge is 2.02. The Labute approximate surface area is 535 Å². The SMILES string of the molecule is CC.CC.CC.CC.CC.CC.CC.CC(C)n1cccc1.CC(C)n1cccn1.CC(C)n1ccnc1.CC(C)n1ccnn1.CC(C)n1cncn1.CC(C)n1cnnc1.CC(C)n1nccn1.Cc1nnn(C(C)C)n1.Cc1nnnn1C(C)C. The zero-order valence-electron chi connectivity index (χ0n) is 61.8. The highest BCUT2D eigenvalue weighted by molar-refractivity contribution is 4.91. The van der Waals surface area contributed by atoms with Gasteiger partial charge in [0.15, 0.2) is 5.82 Å². The lowest BCUT2D eigenvalue weighted by atomic mass is 10.4. The summed E-state index contributed by atoms with van der Waals surface area (Å²) in [7, 11) is 0. The second kappa shape index (κ2) is 65.4. The van der Waals surface area contributed by atoms with Gasteiger partial charge in [0.1, 0.15) is 31.1 Å². The van der Waals surface area contributed by atoms with Gasteiger partial charge in [-0.25, -0.2) is 14.6 Å². The Morgan fingerprint density at radius 2 is 0.807 bits per heavy atom. The minimum Gasteiger partial charge on any atom is -0.352 e. The van der Waals surface area contributed by atoms with E-state index in [-0.39, 0.29) is 0 Å². The third-order valence-corrected chi connectivity index (χ3v) is 9.40. The zero-order chi connectivity index (χ0) is 69.6. The molecular formula is C63H129N25. The van der Waals surface area contributed by atoms with Crippen molar-refractivity contribution in [3.05, 3.63) is 123 Å². The molecule has 0 fully saturated rings. The molecule has 25 nitrogen and oxygen atoms in total. The summed E-state index contributed by atoms with van der Waals surface area (Å²) in [6, 6.07) is 10.0. The van der Waals surface area contributed by atoms with Gasteiger partial charge in [-0.1, -0.05) is 102 Å². The summed E-state index contributed by atoms with van der Waals surface area (Å²) in [6.07, 6.45) is 27.1. The van der Waals surface area contributed by atoms with Crippen LogP contribution in [0.15, 0.2) is 112 Å². The molecule has 9 rings (SSSR count). The van der Waals surface area contributed by atoms with Gasteiger partial charge in [-0.05, 0) is 172 Å². The van der Waals surface area contributed by atoms with E-state index in [1.807, 2.05) is 205 Å². The molecule has 9 heterocycles. The Morgan fingerprint density at radius 3 is 1.01 bits per heavy atom. The summed E-state index contributed by atoms with van der Waals surface area (Å²) in [4.78, 5) is 11.0. The highest BCUT2D eigenvalue weighted by atomic mass is 15.6. The molecule has 9 aromatic rings. The molecule has 0 atom stereocenters. The van der Waals surface area contributed by atoms with Crippen molar-refractivity contribution in [2.24, 2.45) is 0 Å². The van der Waals surface area contributed by atoms with Crippen LogP contribution in [0.3, 0.4) is 0 Å². The summed E-state index contributed by atoms with van der Waals surface area (Å²) >= 11 is 0. The predicted octanol–water partition coefficient (Wildman–Crippen LogP) is 16.7. The Kier molecular flexibility index (Phi) is 69.9. The molecule has 88 heavy (non-hydrogen) atoms. The molecule has 0 radical (unpaired) electrons. The molecule has 0 saturated heterocycles. The first kappa shape index (κ1) is 94.1. The molecule has 0 aliphatic carbocycles. The molecular weight excluding hydrogens is 1110 g/mol. The van der Waals surface area contributed by atoms with Crippen molar-refractivity contribution in [3.8, 4) is 0 Å². The molecule has 25 heteroatoms. The van der Waals surface area contributed by atoms with Gasteiger partial charge in [-0.15, -0.1) is 30.6 Å². The minimum atomic E-state index is 0.311. The van der Waals surface area contributed by atoms with E-state index in [4.69, 9.17) is 0 Å². The number of hydrogen-bond donors (Lipinski definition) is 0. The Morgan fingerprint density at radius 1 is 0.318 bits per heavy atom. The number of aryl methyl sites for hydroxylation is 2. The molecule has 506 valence electrons. The molecule has 0 saturated carbocycles. The van der Waals surface area contributed by atoms with Crippen LogP contribution in [-0.4, -0.2) is 124 Å². The van der Waals surface area contributed by atoms with E-state index in [9.17, 15) is 0 Å². The largest absolute Gasteiger partial charge is 0.352 e. The van der Waals surface area contributed by atoms with E-state index >= 15 is 0 Å². The van der Waals surface area contributed by atoms with E-state index in [1.165, 1.54) is 0 Å². The monoisotopic (exact) mass is 1240 g/mol. The highest BCUT2D eigenvalue weighted by Crippen LogP contribution is 2.04. The van der Waals surface area contributed by atoms with E-state index in [1.54, 1.807) is 79.9 Å². The minimum absolute atomic E-state index is 0.311. The second-order valence-electron chi connectivity index (χ2n) is 18.8. The van der Waals surface area contributed by atoms with Crippen LogP contribution in [0.2, 0.25) is 0 Å². The zero-order valence-corrected chi connectivity index (χ0v) is 61.8. The average Bonchev–Trinajstić information content (AvgIpc) is 4.46. The number of rotatable bonds is 9. The van der Waals surface area contributed by atoms with E-state index < -0.39 is 0 Å². The van der Waals surface area contributed by atoms with E-state index in [0.29, 0.717) is 54.4 Å². The molecule has 0 bridgehead atoms. The number of nitrogens with zero attached hydrogens (tertiary/aromatic N) is 25. The van der Waals surface area contributed by atoms with Crippen LogP contribution in [-0.2, 0) is 0 Å². The maximum absolute atomic E-state index is 4.03. The van der Waals surface area contributed by atoms with Gasteiger partial charge >= 0.3 is 0 Å². The molecule has 0 aliphatic rings. The first-order valence-corrected chi connectivity index (χ1v) is 32.0. The second-order valence-corrected chi connectivity index (χ2v) is 18.8. The molecule has 0 N–H and O–H groups in total. The van der Waals surface area contributed by atoms with Crippen LogP contribution in [0, 0.1) is 13.8 Å². The van der Waals surface area contributed by atoms with Gasteiger partial charge in [0.25, 0.3) is 0 Å². The third kappa shape index (κ3) is 50.5. The van der Waals surface area contributed by atoms with Crippen LogP contribution >= 0.6 is 0 Å². The van der Waals surface area contributed by atoms with Crippen molar-refractivity contribution in [2.45, 2.75) is 290 Å². The van der Waals surface area contributed by atoms with Crippen LogP contribution in [0.25, 0.3) is 0 Å². The maximum Gasteiger partial charge on any atom is 0.171 e. The summed E-state index contributed by atoms with van der Waals surface area (Å²) in [6.45, 7) is 69.1. The molecule has 0 spiro atoms. The molecule has 0 aromatic carbocycles. The Hall–Kier alpha value is -7.60. The summed E-state index contributed by atoms with van der Waals surface area (Å²) in [5.41, 5.74) is 0. The fourth-order valence-corrected chi connectivity index (χ4v) is 5.03. The maximum atomic E-state index is 4.03. The summed E-state index contributed by atoms with van der Waals surface area (Å²) < 4.78 is 13.5. The van der Waals surface area contributed by atoms with Crippen molar-refractivity contribution >= 4 is 0 Å². The Bertz CT molecular complexity index is 2140. The number of aromatic nitrogens is 25. The first-order valence-electron chi connectivity index (χ1n) is 32.0. The fraction of sp³-hybridized carbons (Fsp3) is 0.683. The quantitative estimate of drug-likeness (QED) is 0.130. The van der Waals surface area contributed by atoms with Gasteiger partial charge in [0.05, 0.1) is 43.0 Å². The molecule has 9 aromatic heterocycles. The van der Waals surface area contributed by atoms with Gasteiger partial charge in [-0.3, -0.25) is 14.0 Å². The smallest absolute Gasteiger partial charge is 0.171 e. The van der Waals surface area contributed by atoms with Crippen molar-refractivity contribution < 1.29 is 0 Å². The van der Waals surface area contributed by atoms with Crippen LogP contribution < -0.4 is 0 Å². The lowest BCUT2D eigenvalue weighted by Gasteiger charge is -2.03. The van der Waals surface area contributed by atoms with Gasteiger partial charge in [0.2, 0.25) is 0 Å². The van der Waals surface area contributed by atoms with Crippen LogP contribution in [0.1, 0.15) is 288 Å².